The minimum Gasteiger partial charge on any atom is -0.372 e. The SMILES string of the molecule is CC1CN(c2nc(-c3ccc(Cl)cc3)nc3ccccc23)CC(C)O1. The van der Waals surface area contributed by atoms with E-state index in [1.54, 1.807) is 0 Å². The summed E-state index contributed by atoms with van der Waals surface area (Å²) >= 11 is 6.02. The fourth-order valence-corrected chi connectivity index (χ4v) is 3.51. The Hall–Kier alpha value is -2.17. The average Bonchev–Trinajstić information content (AvgIpc) is 2.60. The van der Waals surface area contributed by atoms with Crippen LogP contribution in [0.2, 0.25) is 5.02 Å². The lowest BCUT2D eigenvalue weighted by molar-refractivity contribution is -0.00536. The van der Waals surface area contributed by atoms with Gasteiger partial charge in [-0.2, -0.15) is 0 Å². The van der Waals surface area contributed by atoms with Gasteiger partial charge in [-0.3, -0.25) is 0 Å². The number of halogens is 1. The van der Waals surface area contributed by atoms with Crippen LogP contribution in [0.3, 0.4) is 0 Å². The van der Waals surface area contributed by atoms with Gasteiger partial charge in [0.25, 0.3) is 0 Å². The zero-order valence-corrected chi connectivity index (χ0v) is 15.1. The molecule has 2 aromatic carbocycles. The molecule has 1 aliphatic rings. The van der Waals surface area contributed by atoms with Gasteiger partial charge in [-0.1, -0.05) is 23.7 Å². The average molecular weight is 354 g/mol. The van der Waals surface area contributed by atoms with Crippen molar-refractivity contribution in [2.24, 2.45) is 0 Å². The summed E-state index contributed by atoms with van der Waals surface area (Å²) in [6, 6.07) is 15.8. The summed E-state index contributed by atoms with van der Waals surface area (Å²) in [7, 11) is 0. The molecule has 4 rings (SSSR count). The van der Waals surface area contributed by atoms with Crippen LogP contribution in [0.1, 0.15) is 13.8 Å². The Bertz CT molecular complexity index is 887. The van der Waals surface area contributed by atoms with Gasteiger partial charge in [0.05, 0.1) is 17.7 Å². The minimum atomic E-state index is 0.177. The Morgan fingerprint density at radius 3 is 2.36 bits per heavy atom. The van der Waals surface area contributed by atoms with Gasteiger partial charge in [0, 0.05) is 29.1 Å². The third kappa shape index (κ3) is 3.32. The molecule has 2 atom stereocenters. The van der Waals surface area contributed by atoms with E-state index in [1.165, 1.54) is 0 Å². The van der Waals surface area contributed by atoms with Gasteiger partial charge < -0.3 is 9.64 Å². The standard InChI is InChI=1S/C20H20ClN3O/c1-13-11-24(12-14(2)25-13)20-17-5-3-4-6-18(17)22-19(23-20)15-7-9-16(21)10-8-15/h3-10,13-14H,11-12H2,1-2H3. The van der Waals surface area contributed by atoms with Crippen molar-refractivity contribution < 1.29 is 4.74 Å². The van der Waals surface area contributed by atoms with E-state index in [-0.39, 0.29) is 12.2 Å². The van der Waals surface area contributed by atoms with E-state index < -0.39 is 0 Å². The second kappa shape index (κ2) is 6.62. The lowest BCUT2D eigenvalue weighted by Gasteiger charge is -2.36. The number of aromatic nitrogens is 2. The van der Waals surface area contributed by atoms with E-state index >= 15 is 0 Å². The Morgan fingerprint density at radius 1 is 0.960 bits per heavy atom. The minimum absolute atomic E-state index is 0.177. The molecule has 5 heteroatoms. The third-order valence-corrected chi connectivity index (χ3v) is 4.66. The molecule has 0 amide bonds. The molecule has 128 valence electrons. The van der Waals surface area contributed by atoms with Gasteiger partial charge in [-0.15, -0.1) is 0 Å². The van der Waals surface area contributed by atoms with Crippen molar-refractivity contribution in [2.75, 3.05) is 18.0 Å². The molecule has 1 fully saturated rings. The smallest absolute Gasteiger partial charge is 0.162 e. The first-order valence-electron chi connectivity index (χ1n) is 8.53. The van der Waals surface area contributed by atoms with Crippen LogP contribution in [0.5, 0.6) is 0 Å². The molecule has 0 aliphatic carbocycles. The highest BCUT2D eigenvalue weighted by molar-refractivity contribution is 6.30. The van der Waals surface area contributed by atoms with E-state index in [1.807, 2.05) is 42.5 Å². The number of benzene rings is 2. The quantitative estimate of drug-likeness (QED) is 0.676. The number of ether oxygens (including phenoxy) is 1. The van der Waals surface area contributed by atoms with Crippen LogP contribution < -0.4 is 4.90 Å². The van der Waals surface area contributed by atoms with Crippen LogP contribution in [-0.4, -0.2) is 35.3 Å². The molecule has 1 aliphatic heterocycles. The molecule has 1 aromatic heterocycles. The number of anilines is 1. The number of rotatable bonds is 2. The van der Waals surface area contributed by atoms with Gasteiger partial charge in [-0.05, 0) is 50.2 Å². The van der Waals surface area contributed by atoms with Crippen molar-refractivity contribution in [3.8, 4) is 11.4 Å². The first-order chi connectivity index (χ1) is 12.1. The van der Waals surface area contributed by atoms with Crippen molar-refractivity contribution in [3.05, 3.63) is 53.6 Å². The number of hydrogen-bond acceptors (Lipinski definition) is 4. The molecule has 2 unspecified atom stereocenters. The maximum absolute atomic E-state index is 6.02. The summed E-state index contributed by atoms with van der Waals surface area (Å²) in [6.07, 6.45) is 0.355. The van der Waals surface area contributed by atoms with Crippen LogP contribution in [0.25, 0.3) is 22.3 Å². The normalized spacial score (nSPS) is 20.8. The summed E-state index contributed by atoms with van der Waals surface area (Å²) in [4.78, 5) is 12.0. The highest BCUT2D eigenvalue weighted by Gasteiger charge is 2.25. The van der Waals surface area contributed by atoms with Gasteiger partial charge in [-0.25, -0.2) is 9.97 Å². The number of para-hydroxylation sites is 1. The third-order valence-electron chi connectivity index (χ3n) is 4.40. The molecule has 0 radical (unpaired) electrons. The summed E-state index contributed by atoms with van der Waals surface area (Å²) in [5.41, 5.74) is 1.91. The topological polar surface area (TPSA) is 38.2 Å². The summed E-state index contributed by atoms with van der Waals surface area (Å²) in [5, 5.41) is 1.78. The van der Waals surface area contributed by atoms with Gasteiger partial charge in [0.15, 0.2) is 5.82 Å². The number of hydrogen-bond donors (Lipinski definition) is 0. The predicted molar refractivity (Wildman–Crippen MR) is 102 cm³/mol. The molecule has 0 saturated carbocycles. The summed E-state index contributed by atoms with van der Waals surface area (Å²) < 4.78 is 5.88. The van der Waals surface area contributed by atoms with E-state index in [0.29, 0.717) is 5.02 Å². The van der Waals surface area contributed by atoms with Gasteiger partial charge in [0.2, 0.25) is 0 Å². The van der Waals surface area contributed by atoms with E-state index in [0.717, 1.165) is 41.2 Å². The number of fused-ring (bicyclic) bond motifs is 1. The molecule has 2 heterocycles. The summed E-state index contributed by atoms with van der Waals surface area (Å²) in [6.45, 7) is 5.86. The Kier molecular flexibility index (Phi) is 4.32. The van der Waals surface area contributed by atoms with E-state index in [9.17, 15) is 0 Å². The molecule has 3 aromatic rings. The fourth-order valence-electron chi connectivity index (χ4n) is 3.38. The molecule has 0 bridgehead atoms. The predicted octanol–water partition coefficient (Wildman–Crippen LogP) is 4.56. The Morgan fingerprint density at radius 2 is 1.64 bits per heavy atom. The maximum Gasteiger partial charge on any atom is 0.162 e. The first-order valence-corrected chi connectivity index (χ1v) is 8.91. The second-order valence-electron chi connectivity index (χ2n) is 6.56. The zero-order chi connectivity index (χ0) is 17.4. The van der Waals surface area contributed by atoms with Gasteiger partial charge >= 0.3 is 0 Å². The number of morpholine rings is 1. The molecule has 25 heavy (non-hydrogen) atoms. The van der Waals surface area contributed by atoms with Crippen LogP contribution in [-0.2, 0) is 4.74 Å². The zero-order valence-electron chi connectivity index (χ0n) is 14.3. The molecule has 0 spiro atoms. The van der Waals surface area contributed by atoms with Crippen LogP contribution in [0.4, 0.5) is 5.82 Å². The summed E-state index contributed by atoms with van der Waals surface area (Å²) in [5.74, 6) is 1.69. The van der Waals surface area contributed by atoms with Crippen LogP contribution >= 0.6 is 11.6 Å². The van der Waals surface area contributed by atoms with E-state index in [2.05, 4.69) is 24.8 Å². The highest BCUT2D eigenvalue weighted by Crippen LogP contribution is 2.29. The van der Waals surface area contributed by atoms with Crippen molar-refractivity contribution in [1.82, 2.24) is 9.97 Å². The van der Waals surface area contributed by atoms with Crippen molar-refractivity contribution >= 4 is 28.3 Å². The lowest BCUT2D eigenvalue weighted by Crippen LogP contribution is -2.46. The van der Waals surface area contributed by atoms with Crippen molar-refractivity contribution in [2.45, 2.75) is 26.1 Å². The Labute approximate surface area is 152 Å². The highest BCUT2D eigenvalue weighted by atomic mass is 35.5. The maximum atomic E-state index is 6.02. The lowest BCUT2D eigenvalue weighted by atomic mass is 10.1. The molecular weight excluding hydrogens is 334 g/mol. The first kappa shape index (κ1) is 16.3. The Balaban J connectivity index is 1.85. The van der Waals surface area contributed by atoms with E-state index in [4.69, 9.17) is 26.3 Å². The molecule has 1 saturated heterocycles. The van der Waals surface area contributed by atoms with Crippen molar-refractivity contribution in [1.29, 1.82) is 0 Å². The molecular formula is C20H20ClN3O. The van der Waals surface area contributed by atoms with Gasteiger partial charge in [0.1, 0.15) is 5.82 Å². The van der Waals surface area contributed by atoms with Crippen LogP contribution in [0.15, 0.2) is 48.5 Å². The number of nitrogens with zero attached hydrogens (tertiary/aromatic N) is 3. The van der Waals surface area contributed by atoms with Crippen LogP contribution in [0, 0.1) is 0 Å². The largest absolute Gasteiger partial charge is 0.372 e. The molecule has 4 nitrogen and oxygen atoms in total. The second-order valence-corrected chi connectivity index (χ2v) is 6.99. The molecule has 0 N–H and O–H groups in total. The fraction of sp³-hybridized carbons (Fsp3) is 0.300. The van der Waals surface area contributed by atoms with Crippen molar-refractivity contribution in [3.63, 3.8) is 0 Å². The monoisotopic (exact) mass is 353 g/mol.